The lowest BCUT2D eigenvalue weighted by Gasteiger charge is -2.43. The predicted molar refractivity (Wildman–Crippen MR) is 88.8 cm³/mol. The van der Waals surface area contributed by atoms with Crippen molar-refractivity contribution in [2.24, 2.45) is 5.92 Å². The Morgan fingerprint density at radius 3 is 2.50 bits per heavy atom. The average molecular weight is 332 g/mol. The summed E-state index contributed by atoms with van der Waals surface area (Å²) in [7, 11) is 0. The third-order valence-electron chi connectivity index (χ3n) is 5.90. The van der Waals surface area contributed by atoms with Crippen LogP contribution in [0, 0.1) is 11.7 Å². The molecule has 3 aliphatic rings. The van der Waals surface area contributed by atoms with E-state index < -0.39 is 5.60 Å². The van der Waals surface area contributed by atoms with Gasteiger partial charge in [-0.3, -0.25) is 9.69 Å². The van der Waals surface area contributed by atoms with Crippen molar-refractivity contribution in [2.45, 2.75) is 56.2 Å². The van der Waals surface area contributed by atoms with Gasteiger partial charge in [0.15, 0.2) is 0 Å². The molecule has 0 radical (unpaired) electrons. The molecule has 1 amide bonds. The molecule has 2 heterocycles. The fourth-order valence-corrected chi connectivity index (χ4v) is 4.43. The second-order valence-corrected chi connectivity index (χ2v) is 7.72. The molecule has 0 aromatic heterocycles. The van der Waals surface area contributed by atoms with Gasteiger partial charge in [-0.1, -0.05) is 18.2 Å². The number of rotatable bonds is 5. The van der Waals surface area contributed by atoms with Gasteiger partial charge in [0.25, 0.3) is 0 Å². The Hall–Kier alpha value is -1.46. The van der Waals surface area contributed by atoms with Gasteiger partial charge in [0.2, 0.25) is 5.91 Å². The smallest absolute Gasteiger partial charge is 0.234 e. The summed E-state index contributed by atoms with van der Waals surface area (Å²) in [5.41, 5.74) is -0.710. The first-order valence-electron chi connectivity index (χ1n) is 9.05. The van der Waals surface area contributed by atoms with E-state index in [2.05, 4.69) is 10.2 Å². The molecule has 1 aromatic rings. The Morgan fingerprint density at radius 1 is 1.21 bits per heavy atom. The van der Waals surface area contributed by atoms with E-state index in [0.717, 1.165) is 19.4 Å². The van der Waals surface area contributed by atoms with Crippen LogP contribution in [0.1, 0.15) is 44.1 Å². The van der Waals surface area contributed by atoms with Gasteiger partial charge in [-0.05, 0) is 50.5 Å². The van der Waals surface area contributed by atoms with Crippen LogP contribution in [0.3, 0.4) is 0 Å². The van der Waals surface area contributed by atoms with E-state index in [-0.39, 0.29) is 23.8 Å². The molecule has 2 saturated heterocycles. The third kappa shape index (κ3) is 3.07. The standard InChI is InChI=1S/C19H25FN2O2/c20-17-4-2-1-3-16(17)19(24)9-14-7-8-15(10-19)22(14)12-18(23)21-11-13-5-6-13/h1-4,13-15,24H,5-12H2,(H,21,23)/t14-,15-/m1/s1. The maximum atomic E-state index is 14.1. The minimum Gasteiger partial charge on any atom is -0.385 e. The lowest BCUT2D eigenvalue weighted by molar-refractivity contribution is -0.126. The van der Waals surface area contributed by atoms with Gasteiger partial charge in [0, 0.05) is 24.2 Å². The predicted octanol–water partition coefficient (Wildman–Crippen LogP) is 2.17. The second kappa shape index (κ2) is 6.12. The first-order valence-corrected chi connectivity index (χ1v) is 9.05. The van der Waals surface area contributed by atoms with Gasteiger partial charge in [0.1, 0.15) is 5.82 Å². The quantitative estimate of drug-likeness (QED) is 0.869. The molecule has 130 valence electrons. The molecule has 0 unspecified atom stereocenters. The number of hydrogen-bond acceptors (Lipinski definition) is 3. The van der Waals surface area contributed by atoms with Crippen molar-refractivity contribution in [3.63, 3.8) is 0 Å². The first-order chi connectivity index (χ1) is 11.5. The number of piperidine rings is 1. The van der Waals surface area contributed by atoms with Crippen molar-refractivity contribution in [1.29, 1.82) is 0 Å². The number of carbonyl (C=O) groups is 1. The van der Waals surface area contributed by atoms with E-state index in [4.69, 9.17) is 0 Å². The van der Waals surface area contributed by atoms with Crippen molar-refractivity contribution in [1.82, 2.24) is 10.2 Å². The van der Waals surface area contributed by atoms with E-state index in [1.807, 2.05) is 0 Å². The zero-order valence-electron chi connectivity index (χ0n) is 13.9. The number of carbonyl (C=O) groups excluding carboxylic acids is 1. The van der Waals surface area contributed by atoms with Crippen molar-refractivity contribution in [3.05, 3.63) is 35.6 Å². The third-order valence-corrected chi connectivity index (χ3v) is 5.90. The fourth-order valence-electron chi connectivity index (χ4n) is 4.43. The summed E-state index contributed by atoms with van der Waals surface area (Å²) >= 11 is 0. The summed E-state index contributed by atoms with van der Waals surface area (Å²) < 4.78 is 14.1. The average Bonchev–Trinajstić information content (AvgIpc) is 3.34. The van der Waals surface area contributed by atoms with Crippen LogP contribution in [0.25, 0.3) is 0 Å². The van der Waals surface area contributed by atoms with E-state index >= 15 is 0 Å². The van der Waals surface area contributed by atoms with Crippen molar-refractivity contribution < 1.29 is 14.3 Å². The highest BCUT2D eigenvalue weighted by Gasteiger charge is 2.49. The van der Waals surface area contributed by atoms with Crippen LogP contribution in [-0.2, 0) is 10.4 Å². The van der Waals surface area contributed by atoms with E-state index in [1.54, 1.807) is 18.2 Å². The Bertz CT molecular complexity index is 618. The summed E-state index contributed by atoms with van der Waals surface area (Å²) in [5, 5.41) is 14.1. The van der Waals surface area contributed by atoms with Crippen LogP contribution in [0.2, 0.25) is 0 Å². The molecule has 2 bridgehead atoms. The van der Waals surface area contributed by atoms with Crippen LogP contribution < -0.4 is 5.32 Å². The van der Waals surface area contributed by atoms with Crippen LogP contribution in [0.4, 0.5) is 4.39 Å². The molecule has 1 aliphatic carbocycles. The number of nitrogens with zero attached hydrogens (tertiary/aromatic N) is 1. The van der Waals surface area contributed by atoms with Crippen molar-refractivity contribution in [3.8, 4) is 0 Å². The minimum atomic E-state index is -1.11. The highest BCUT2D eigenvalue weighted by molar-refractivity contribution is 5.78. The number of aliphatic hydroxyl groups is 1. The lowest BCUT2D eigenvalue weighted by Crippen LogP contribution is -2.52. The topological polar surface area (TPSA) is 52.6 Å². The summed E-state index contributed by atoms with van der Waals surface area (Å²) in [5.74, 6) is 0.420. The van der Waals surface area contributed by atoms with Crippen LogP contribution in [0.15, 0.2) is 24.3 Å². The minimum absolute atomic E-state index is 0.0788. The Labute approximate surface area is 142 Å². The molecule has 1 aromatic carbocycles. The zero-order valence-corrected chi connectivity index (χ0v) is 13.9. The first kappa shape index (κ1) is 16.0. The molecule has 4 rings (SSSR count). The van der Waals surface area contributed by atoms with Crippen LogP contribution in [-0.4, -0.2) is 41.1 Å². The van der Waals surface area contributed by atoms with E-state index in [9.17, 15) is 14.3 Å². The summed E-state index contributed by atoms with van der Waals surface area (Å²) in [6, 6.07) is 6.83. The Kier molecular flexibility index (Phi) is 4.09. The number of nitrogens with one attached hydrogen (secondary N) is 1. The highest BCUT2D eigenvalue weighted by Crippen LogP contribution is 2.46. The number of fused-ring (bicyclic) bond motifs is 2. The summed E-state index contributed by atoms with van der Waals surface area (Å²) in [6.07, 6.45) is 5.39. The van der Waals surface area contributed by atoms with Crippen molar-refractivity contribution in [2.75, 3.05) is 13.1 Å². The lowest BCUT2D eigenvalue weighted by atomic mass is 9.80. The SMILES string of the molecule is O=C(CN1[C@@H]2CC[C@@H]1CC(O)(c1ccccc1F)C2)NCC1CC1. The Morgan fingerprint density at radius 2 is 1.88 bits per heavy atom. The van der Waals surface area contributed by atoms with Gasteiger partial charge in [-0.2, -0.15) is 0 Å². The molecule has 3 fully saturated rings. The van der Waals surface area contributed by atoms with E-state index in [1.165, 1.54) is 18.9 Å². The number of hydrogen-bond donors (Lipinski definition) is 2. The molecule has 4 nitrogen and oxygen atoms in total. The molecule has 24 heavy (non-hydrogen) atoms. The Balaban J connectivity index is 1.43. The largest absolute Gasteiger partial charge is 0.385 e. The van der Waals surface area contributed by atoms with Gasteiger partial charge < -0.3 is 10.4 Å². The summed E-state index contributed by atoms with van der Waals surface area (Å²) in [4.78, 5) is 14.4. The van der Waals surface area contributed by atoms with Gasteiger partial charge >= 0.3 is 0 Å². The molecule has 5 heteroatoms. The number of benzene rings is 1. The molecule has 2 atom stereocenters. The molecule has 1 saturated carbocycles. The number of amides is 1. The summed E-state index contributed by atoms with van der Waals surface area (Å²) in [6.45, 7) is 1.19. The maximum Gasteiger partial charge on any atom is 0.234 e. The van der Waals surface area contributed by atoms with Gasteiger partial charge in [-0.25, -0.2) is 4.39 Å². The fraction of sp³-hybridized carbons (Fsp3) is 0.632. The van der Waals surface area contributed by atoms with Gasteiger partial charge in [-0.15, -0.1) is 0 Å². The highest BCUT2D eigenvalue weighted by atomic mass is 19.1. The molecular formula is C19H25FN2O2. The van der Waals surface area contributed by atoms with Crippen LogP contribution >= 0.6 is 0 Å². The zero-order chi connectivity index (χ0) is 16.7. The molecule has 2 N–H and O–H groups in total. The van der Waals surface area contributed by atoms with E-state index in [0.29, 0.717) is 30.9 Å². The van der Waals surface area contributed by atoms with Gasteiger partial charge in [0.05, 0.1) is 12.1 Å². The number of halogens is 1. The van der Waals surface area contributed by atoms with Crippen LogP contribution in [0.5, 0.6) is 0 Å². The van der Waals surface area contributed by atoms with Crippen molar-refractivity contribution >= 4 is 5.91 Å². The molecule has 0 spiro atoms. The second-order valence-electron chi connectivity index (χ2n) is 7.72. The molecule has 2 aliphatic heterocycles. The normalized spacial score (nSPS) is 32.8. The maximum absolute atomic E-state index is 14.1. The monoisotopic (exact) mass is 332 g/mol. The molecular weight excluding hydrogens is 307 g/mol.